The van der Waals surface area contributed by atoms with E-state index in [1.54, 1.807) is 30.0 Å². The number of halogens is 1. The van der Waals surface area contributed by atoms with Crippen molar-refractivity contribution in [1.29, 1.82) is 0 Å². The predicted molar refractivity (Wildman–Crippen MR) is 147 cm³/mol. The van der Waals surface area contributed by atoms with E-state index in [0.29, 0.717) is 36.1 Å². The summed E-state index contributed by atoms with van der Waals surface area (Å²) < 4.78 is 26.3. The highest BCUT2D eigenvalue weighted by Gasteiger charge is 2.27. The summed E-state index contributed by atoms with van der Waals surface area (Å²) in [6, 6.07) is 12.3. The van der Waals surface area contributed by atoms with Crippen molar-refractivity contribution >= 4 is 39.1 Å². The Morgan fingerprint density at radius 3 is 2.25 bits per heavy atom. The molecule has 2 amide bonds. The van der Waals surface area contributed by atoms with Gasteiger partial charge in [-0.1, -0.05) is 61.3 Å². The number of rotatable bonds is 12. The Morgan fingerprint density at radius 2 is 1.67 bits per heavy atom. The van der Waals surface area contributed by atoms with Crippen LogP contribution in [-0.4, -0.2) is 50.5 Å². The van der Waals surface area contributed by atoms with Gasteiger partial charge in [0, 0.05) is 31.1 Å². The summed E-state index contributed by atoms with van der Waals surface area (Å²) in [5, 5.41) is 3.34. The molecule has 0 aromatic heterocycles. The number of benzene rings is 2. The van der Waals surface area contributed by atoms with Crippen LogP contribution in [0, 0.1) is 19.8 Å². The topological polar surface area (TPSA) is 86.8 Å². The van der Waals surface area contributed by atoms with Crippen LogP contribution in [0.1, 0.15) is 50.3 Å². The quantitative estimate of drug-likeness (QED) is 0.427. The van der Waals surface area contributed by atoms with E-state index < -0.39 is 16.1 Å². The van der Waals surface area contributed by atoms with Crippen LogP contribution in [0.5, 0.6) is 0 Å². The van der Waals surface area contributed by atoms with E-state index in [1.807, 2.05) is 52.0 Å². The van der Waals surface area contributed by atoms with Crippen LogP contribution in [0.4, 0.5) is 5.69 Å². The maximum Gasteiger partial charge on any atom is 0.242 e. The van der Waals surface area contributed by atoms with Crippen molar-refractivity contribution < 1.29 is 18.0 Å². The molecule has 1 atom stereocenters. The predicted octanol–water partition coefficient (Wildman–Crippen LogP) is 4.69. The number of hydrogen-bond donors (Lipinski definition) is 1. The molecule has 2 aromatic carbocycles. The molecule has 2 aromatic rings. The highest BCUT2D eigenvalue weighted by Crippen LogP contribution is 2.27. The number of carbonyl (C=O) groups is 2. The molecule has 0 bridgehead atoms. The third kappa shape index (κ3) is 8.82. The van der Waals surface area contributed by atoms with Gasteiger partial charge in [0.1, 0.15) is 6.04 Å². The first-order chi connectivity index (χ1) is 16.8. The molecule has 0 aliphatic rings. The summed E-state index contributed by atoms with van der Waals surface area (Å²) in [6.07, 6.45) is 1.53. The zero-order valence-corrected chi connectivity index (χ0v) is 23.6. The number of amides is 2. The lowest BCUT2D eigenvalue weighted by atomic mass is 10.1. The third-order valence-electron chi connectivity index (χ3n) is 5.92. The van der Waals surface area contributed by atoms with Crippen LogP contribution >= 0.6 is 11.6 Å². The first-order valence-corrected chi connectivity index (χ1v) is 14.4. The van der Waals surface area contributed by atoms with Crippen LogP contribution < -0.4 is 9.62 Å². The van der Waals surface area contributed by atoms with Gasteiger partial charge in [-0.15, -0.1) is 0 Å². The summed E-state index contributed by atoms with van der Waals surface area (Å²) in [7, 11) is -3.59. The molecule has 2 rings (SSSR count). The maximum absolute atomic E-state index is 13.3. The summed E-state index contributed by atoms with van der Waals surface area (Å²) in [4.78, 5) is 27.7. The van der Waals surface area contributed by atoms with E-state index >= 15 is 0 Å². The standard InChI is InChI=1S/C27H38ClN3O4S/c1-19(2)17-29-27(33)22(5)30(18-23-12-9-20(3)10-13-23)26(32)8-7-15-31(36(6,34)35)25-16-24(28)14-11-21(25)4/h9-14,16,19,22H,7-8,15,17-18H2,1-6H3,(H,29,33)/t22-/m1/s1. The Bertz CT molecular complexity index is 1150. The number of nitrogens with one attached hydrogen (secondary N) is 1. The van der Waals surface area contributed by atoms with Crippen molar-refractivity contribution in [2.24, 2.45) is 5.92 Å². The van der Waals surface area contributed by atoms with Crippen LogP contribution in [0.25, 0.3) is 0 Å². The van der Waals surface area contributed by atoms with Gasteiger partial charge >= 0.3 is 0 Å². The number of carbonyl (C=O) groups excluding carboxylic acids is 2. The number of anilines is 1. The Kier molecular flexibility index (Phi) is 10.8. The Morgan fingerprint density at radius 1 is 1.03 bits per heavy atom. The van der Waals surface area contributed by atoms with Crippen LogP contribution in [0.15, 0.2) is 42.5 Å². The van der Waals surface area contributed by atoms with Gasteiger partial charge in [0.15, 0.2) is 0 Å². The molecule has 9 heteroatoms. The highest BCUT2D eigenvalue weighted by molar-refractivity contribution is 7.92. The number of sulfonamides is 1. The second-order valence-electron chi connectivity index (χ2n) is 9.69. The van der Waals surface area contributed by atoms with Crippen molar-refractivity contribution in [3.05, 3.63) is 64.2 Å². The lowest BCUT2D eigenvalue weighted by molar-refractivity contribution is -0.140. The van der Waals surface area contributed by atoms with Crippen molar-refractivity contribution in [3.8, 4) is 0 Å². The summed E-state index contributed by atoms with van der Waals surface area (Å²) >= 11 is 6.11. The molecule has 0 heterocycles. The van der Waals surface area contributed by atoms with Gasteiger partial charge in [0.25, 0.3) is 0 Å². The molecule has 0 unspecified atom stereocenters. The average Bonchev–Trinajstić information content (AvgIpc) is 2.80. The van der Waals surface area contributed by atoms with Gasteiger partial charge in [-0.25, -0.2) is 8.42 Å². The van der Waals surface area contributed by atoms with Crippen molar-refractivity contribution in [3.63, 3.8) is 0 Å². The minimum atomic E-state index is -3.59. The lowest BCUT2D eigenvalue weighted by Gasteiger charge is -2.30. The van der Waals surface area contributed by atoms with Crippen molar-refractivity contribution in [2.75, 3.05) is 23.7 Å². The highest BCUT2D eigenvalue weighted by atomic mass is 35.5. The molecule has 1 N–H and O–H groups in total. The molecule has 0 saturated heterocycles. The van der Waals surface area contributed by atoms with Crippen LogP contribution in [0.2, 0.25) is 5.02 Å². The summed E-state index contributed by atoms with van der Waals surface area (Å²) in [5.74, 6) is -0.130. The van der Waals surface area contributed by atoms with Gasteiger partial charge in [0.2, 0.25) is 21.8 Å². The van der Waals surface area contributed by atoms with E-state index in [4.69, 9.17) is 11.6 Å². The van der Waals surface area contributed by atoms with Crippen LogP contribution in [-0.2, 0) is 26.2 Å². The minimum absolute atomic E-state index is 0.0965. The summed E-state index contributed by atoms with van der Waals surface area (Å²) in [6.45, 7) is 10.5. The second kappa shape index (κ2) is 13.1. The largest absolute Gasteiger partial charge is 0.354 e. The van der Waals surface area contributed by atoms with Crippen molar-refractivity contribution in [2.45, 2.75) is 60.0 Å². The van der Waals surface area contributed by atoms with E-state index in [1.165, 1.54) is 4.31 Å². The van der Waals surface area contributed by atoms with E-state index in [0.717, 1.165) is 22.9 Å². The molecule has 0 fully saturated rings. The minimum Gasteiger partial charge on any atom is -0.354 e. The fraction of sp³-hybridized carbons (Fsp3) is 0.481. The maximum atomic E-state index is 13.3. The molecule has 36 heavy (non-hydrogen) atoms. The molecule has 0 spiro atoms. The average molecular weight is 536 g/mol. The number of aryl methyl sites for hydroxylation is 2. The van der Waals surface area contributed by atoms with Gasteiger partial charge in [-0.3, -0.25) is 13.9 Å². The molecule has 7 nitrogen and oxygen atoms in total. The van der Waals surface area contributed by atoms with Crippen LogP contribution in [0.3, 0.4) is 0 Å². The second-order valence-corrected chi connectivity index (χ2v) is 12.0. The monoisotopic (exact) mass is 535 g/mol. The first-order valence-electron chi connectivity index (χ1n) is 12.2. The normalized spacial score (nSPS) is 12.3. The van der Waals surface area contributed by atoms with Gasteiger partial charge < -0.3 is 10.2 Å². The zero-order valence-electron chi connectivity index (χ0n) is 22.0. The van der Waals surface area contributed by atoms with Gasteiger partial charge in [0.05, 0.1) is 11.9 Å². The molecule has 198 valence electrons. The smallest absolute Gasteiger partial charge is 0.242 e. The Labute approximate surface area is 220 Å². The fourth-order valence-corrected chi connectivity index (χ4v) is 4.94. The number of hydrogen-bond acceptors (Lipinski definition) is 4. The lowest BCUT2D eigenvalue weighted by Crippen LogP contribution is -2.48. The zero-order chi connectivity index (χ0) is 27.0. The summed E-state index contributed by atoms with van der Waals surface area (Å²) in [5.41, 5.74) is 3.30. The number of nitrogens with zero attached hydrogens (tertiary/aromatic N) is 2. The Hall–Kier alpha value is -2.58. The fourth-order valence-electron chi connectivity index (χ4n) is 3.76. The first kappa shape index (κ1) is 29.6. The van der Waals surface area contributed by atoms with E-state index in [9.17, 15) is 18.0 Å². The third-order valence-corrected chi connectivity index (χ3v) is 7.33. The molecule has 0 saturated carbocycles. The Balaban J connectivity index is 2.18. The van der Waals surface area contributed by atoms with Gasteiger partial charge in [-0.2, -0.15) is 0 Å². The van der Waals surface area contributed by atoms with E-state index in [-0.39, 0.29) is 24.8 Å². The van der Waals surface area contributed by atoms with E-state index in [2.05, 4.69) is 5.32 Å². The van der Waals surface area contributed by atoms with Gasteiger partial charge in [-0.05, 0) is 56.4 Å². The molecular formula is C27H38ClN3O4S. The molecule has 0 radical (unpaired) electrons. The molecule has 0 aliphatic carbocycles. The van der Waals surface area contributed by atoms with Crippen molar-refractivity contribution in [1.82, 2.24) is 10.2 Å². The molecular weight excluding hydrogens is 498 g/mol. The SMILES string of the molecule is Cc1ccc(CN(C(=O)CCCN(c2cc(Cl)ccc2C)S(C)(=O)=O)[C@H](C)C(=O)NCC(C)C)cc1. The molecule has 0 aliphatic heterocycles.